The summed E-state index contributed by atoms with van der Waals surface area (Å²) in [5.41, 5.74) is 0. The van der Waals surface area contributed by atoms with E-state index in [1.807, 2.05) is 13.8 Å². The summed E-state index contributed by atoms with van der Waals surface area (Å²) in [5.74, 6) is -0.344. The van der Waals surface area contributed by atoms with Crippen molar-refractivity contribution in [1.82, 2.24) is 10.2 Å². The van der Waals surface area contributed by atoms with Gasteiger partial charge in [-0.3, -0.25) is 9.59 Å². The summed E-state index contributed by atoms with van der Waals surface area (Å²) >= 11 is 0. The minimum atomic E-state index is -0.473. The normalized spacial score (nSPS) is 21.6. The quantitative estimate of drug-likeness (QED) is 0.653. The van der Waals surface area contributed by atoms with Crippen LogP contribution in [0.25, 0.3) is 0 Å². The van der Waals surface area contributed by atoms with E-state index in [0.29, 0.717) is 19.0 Å². The molecule has 0 aromatic rings. The van der Waals surface area contributed by atoms with Gasteiger partial charge in [-0.05, 0) is 32.6 Å². The number of piperidine rings is 1. The SMILES string of the molecule is CC1CCCN(C(=O)C(=O)NC(C)C)C1. The van der Waals surface area contributed by atoms with Gasteiger partial charge in [0.1, 0.15) is 0 Å². The Labute approximate surface area is 91.0 Å². The third kappa shape index (κ3) is 3.53. The van der Waals surface area contributed by atoms with Crippen LogP contribution in [0.4, 0.5) is 0 Å². The van der Waals surface area contributed by atoms with Crippen molar-refractivity contribution >= 4 is 11.8 Å². The summed E-state index contributed by atoms with van der Waals surface area (Å²) in [5, 5.41) is 2.62. The van der Waals surface area contributed by atoms with Gasteiger partial charge in [-0.1, -0.05) is 6.92 Å². The van der Waals surface area contributed by atoms with Crippen LogP contribution in [-0.4, -0.2) is 35.8 Å². The fourth-order valence-electron chi connectivity index (χ4n) is 1.84. The number of rotatable bonds is 1. The fraction of sp³-hybridized carbons (Fsp3) is 0.818. The van der Waals surface area contributed by atoms with Crippen LogP contribution < -0.4 is 5.32 Å². The van der Waals surface area contributed by atoms with Gasteiger partial charge in [0.25, 0.3) is 0 Å². The highest BCUT2D eigenvalue weighted by atomic mass is 16.2. The number of hydrogen-bond donors (Lipinski definition) is 1. The second-order valence-electron chi connectivity index (χ2n) is 4.63. The minimum absolute atomic E-state index is 0.0173. The summed E-state index contributed by atoms with van der Waals surface area (Å²) in [7, 11) is 0. The van der Waals surface area contributed by atoms with Crippen LogP contribution in [0.5, 0.6) is 0 Å². The summed E-state index contributed by atoms with van der Waals surface area (Å²) in [6, 6.07) is 0.0173. The van der Waals surface area contributed by atoms with Crippen LogP contribution in [-0.2, 0) is 9.59 Å². The smallest absolute Gasteiger partial charge is 0.311 e. The Hall–Kier alpha value is -1.06. The molecule has 1 unspecified atom stereocenters. The lowest BCUT2D eigenvalue weighted by Crippen LogP contribution is -2.48. The molecule has 0 spiro atoms. The van der Waals surface area contributed by atoms with E-state index < -0.39 is 5.91 Å². The van der Waals surface area contributed by atoms with Gasteiger partial charge in [0, 0.05) is 19.1 Å². The summed E-state index contributed by atoms with van der Waals surface area (Å²) in [4.78, 5) is 24.8. The average molecular weight is 212 g/mol. The zero-order valence-electron chi connectivity index (χ0n) is 9.75. The molecule has 1 aliphatic heterocycles. The number of likely N-dealkylation sites (tertiary alicyclic amines) is 1. The standard InChI is InChI=1S/C11H20N2O2/c1-8(2)12-10(14)11(15)13-6-4-5-9(3)7-13/h8-9H,4-7H2,1-3H3,(H,12,14). The molecule has 2 amide bonds. The number of amides is 2. The van der Waals surface area contributed by atoms with E-state index in [0.717, 1.165) is 12.8 Å². The Morgan fingerprint density at radius 3 is 2.60 bits per heavy atom. The maximum Gasteiger partial charge on any atom is 0.311 e. The first-order valence-corrected chi connectivity index (χ1v) is 5.60. The van der Waals surface area contributed by atoms with Gasteiger partial charge in [0.15, 0.2) is 0 Å². The molecule has 1 N–H and O–H groups in total. The minimum Gasteiger partial charge on any atom is -0.346 e. The van der Waals surface area contributed by atoms with E-state index in [1.54, 1.807) is 4.90 Å². The predicted octanol–water partition coefficient (Wildman–Crippen LogP) is 0.769. The Bertz CT molecular complexity index is 251. The van der Waals surface area contributed by atoms with E-state index in [1.165, 1.54) is 0 Å². The van der Waals surface area contributed by atoms with E-state index in [2.05, 4.69) is 12.2 Å². The van der Waals surface area contributed by atoms with Gasteiger partial charge in [-0.2, -0.15) is 0 Å². The van der Waals surface area contributed by atoms with Gasteiger partial charge in [-0.25, -0.2) is 0 Å². The third-order valence-corrected chi connectivity index (χ3v) is 2.56. The predicted molar refractivity (Wildman–Crippen MR) is 58.3 cm³/mol. The van der Waals surface area contributed by atoms with Crippen molar-refractivity contribution in [3.05, 3.63) is 0 Å². The molecule has 1 saturated heterocycles. The summed E-state index contributed by atoms with van der Waals surface area (Å²) in [6.45, 7) is 7.24. The number of carbonyl (C=O) groups excluding carboxylic acids is 2. The molecule has 86 valence electrons. The Morgan fingerprint density at radius 1 is 1.40 bits per heavy atom. The molecule has 1 aliphatic rings. The monoisotopic (exact) mass is 212 g/mol. The maximum atomic E-state index is 11.7. The number of hydrogen-bond acceptors (Lipinski definition) is 2. The molecule has 4 heteroatoms. The van der Waals surface area contributed by atoms with Crippen molar-refractivity contribution in [2.24, 2.45) is 5.92 Å². The molecule has 4 nitrogen and oxygen atoms in total. The average Bonchev–Trinajstić information content (AvgIpc) is 2.15. The Morgan fingerprint density at radius 2 is 2.07 bits per heavy atom. The van der Waals surface area contributed by atoms with Crippen LogP contribution in [0.15, 0.2) is 0 Å². The lowest BCUT2D eigenvalue weighted by molar-refractivity contribution is -0.147. The van der Waals surface area contributed by atoms with Crippen molar-refractivity contribution in [1.29, 1.82) is 0 Å². The van der Waals surface area contributed by atoms with E-state index in [-0.39, 0.29) is 11.9 Å². The van der Waals surface area contributed by atoms with Gasteiger partial charge in [-0.15, -0.1) is 0 Å². The van der Waals surface area contributed by atoms with Crippen molar-refractivity contribution in [2.75, 3.05) is 13.1 Å². The molecular weight excluding hydrogens is 192 g/mol. The van der Waals surface area contributed by atoms with E-state index in [9.17, 15) is 9.59 Å². The molecule has 0 aliphatic carbocycles. The molecule has 0 saturated carbocycles. The fourth-order valence-corrected chi connectivity index (χ4v) is 1.84. The molecule has 1 rings (SSSR count). The second-order valence-corrected chi connectivity index (χ2v) is 4.63. The first-order valence-electron chi connectivity index (χ1n) is 5.60. The number of carbonyl (C=O) groups is 2. The van der Waals surface area contributed by atoms with Crippen molar-refractivity contribution in [2.45, 2.75) is 39.7 Å². The highest BCUT2D eigenvalue weighted by Gasteiger charge is 2.25. The van der Waals surface area contributed by atoms with Crippen LogP contribution >= 0.6 is 0 Å². The third-order valence-electron chi connectivity index (χ3n) is 2.56. The van der Waals surface area contributed by atoms with E-state index >= 15 is 0 Å². The molecular formula is C11H20N2O2. The number of nitrogens with zero attached hydrogens (tertiary/aromatic N) is 1. The molecule has 1 atom stereocenters. The molecule has 15 heavy (non-hydrogen) atoms. The summed E-state index contributed by atoms with van der Waals surface area (Å²) in [6.07, 6.45) is 2.15. The second kappa shape index (κ2) is 5.14. The molecule has 1 heterocycles. The first-order chi connectivity index (χ1) is 7.00. The zero-order valence-corrected chi connectivity index (χ0v) is 9.75. The van der Waals surface area contributed by atoms with Crippen LogP contribution in [0.2, 0.25) is 0 Å². The Kier molecular flexibility index (Phi) is 4.12. The lowest BCUT2D eigenvalue weighted by Gasteiger charge is -2.30. The zero-order chi connectivity index (χ0) is 11.4. The van der Waals surface area contributed by atoms with Crippen LogP contribution in [0.3, 0.4) is 0 Å². The van der Waals surface area contributed by atoms with Crippen LogP contribution in [0.1, 0.15) is 33.6 Å². The molecule has 1 fully saturated rings. The van der Waals surface area contributed by atoms with Gasteiger partial charge < -0.3 is 10.2 Å². The summed E-state index contributed by atoms with van der Waals surface area (Å²) < 4.78 is 0. The van der Waals surface area contributed by atoms with Crippen molar-refractivity contribution < 1.29 is 9.59 Å². The van der Waals surface area contributed by atoms with Crippen molar-refractivity contribution in [3.8, 4) is 0 Å². The first kappa shape index (κ1) is 12.0. The van der Waals surface area contributed by atoms with Gasteiger partial charge in [0.05, 0.1) is 0 Å². The molecule has 0 aromatic heterocycles. The largest absolute Gasteiger partial charge is 0.346 e. The van der Waals surface area contributed by atoms with Crippen molar-refractivity contribution in [3.63, 3.8) is 0 Å². The van der Waals surface area contributed by atoms with Gasteiger partial charge in [0.2, 0.25) is 0 Å². The maximum absolute atomic E-state index is 11.7. The molecule has 0 bridgehead atoms. The lowest BCUT2D eigenvalue weighted by atomic mass is 10.0. The Balaban J connectivity index is 2.48. The highest BCUT2D eigenvalue weighted by Crippen LogP contribution is 2.15. The van der Waals surface area contributed by atoms with E-state index in [4.69, 9.17) is 0 Å². The highest BCUT2D eigenvalue weighted by molar-refractivity contribution is 6.35. The molecule has 0 radical (unpaired) electrons. The number of nitrogens with one attached hydrogen (secondary N) is 1. The molecule has 0 aromatic carbocycles. The topological polar surface area (TPSA) is 49.4 Å². The van der Waals surface area contributed by atoms with Crippen LogP contribution in [0, 0.1) is 5.92 Å². The van der Waals surface area contributed by atoms with Gasteiger partial charge >= 0.3 is 11.8 Å².